The fourth-order valence-corrected chi connectivity index (χ4v) is 2.23. The lowest BCUT2D eigenvalue weighted by molar-refractivity contribution is 0.0287. The molecule has 1 aromatic heterocycles. The number of aliphatic hydroxyl groups is 1. The summed E-state index contributed by atoms with van der Waals surface area (Å²) < 4.78 is 16.0. The number of aromatic nitrogens is 1. The Hall–Kier alpha value is -2.15. The molecule has 6 heteroatoms. The number of rotatable bonds is 10. The van der Waals surface area contributed by atoms with Crippen molar-refractivity contribution in [3.8, 4) is 11.5 Å². The second-order valence-corrected chi connectivity index (χ2v) is 5.35. The number of methoxy groups -OCH3 is 2. The molecular weight excluding hydrogens is 308 g/mol. The van der Waals surface area contributed by atoms with E-state index >= 15 is 0 Å². The first-order valence-corrected chi connectivity index (χ1v) is 7.79. The molecule has 24 heavy (non-hydrogen) atoms. The predicted octanol–water partition coefficient (Wildman–Crippen LogP) is 1.77. The number of ether oxygens (including phenoxy) is 3. The summed E-state index contributed by atoms with van der Waals surface area (Å²) in [6, 6.07) is 9.49. The highest BCUT2D eigenvalue weighted by atomic mass is 16.5. The first kappa shape index (κ1) is 18.2. The highest BCUT2D eigenvalue weighted by molar-refractivity contribution is 5.42. The van der Waals surface area contributed by atoms with Crippen molar-refractivity contribution in [2.24, 2.45) is 0 Å². The van der Waals surface area contributed by atoms with E-state index < -0.39 is 6.10 Å². The van der Waals surface area contributed by atoms with E-state index in [0.717, 1.165) is 11.1 Å². The zero-order valence-electron chi connectivity index (χ0n) is 14.1. The van der Waals surface area contributed by atoms with Crippen molar-refractivity contribution >= 4 is 0 Å². The molecule has 2 aromatic rings. The number of hydrogen-bond acceptors (Lipinski definition) is 6. The van der Waals surface area contributed by atoms with E-state index in [1.54, 1.807) is 26.6 Å². The molecule has 0 bridgehead atoms. The number of nitrogens with zero attached hydrogens (tertiary/aromatic N) is 1. The van der Waals surface area contributed by atoms with Gasteiger partial charge in [-0.1, -0.05) is 12.1 Å². The summed E-state index contributed by atoms with van der Waals surface area (Å²) in [4.78, 5) is 4.05. The Morgan fingerprint density at radius 1 is 1.12 bits per heavy atom. The molecule has 0 aliphatic carbocycles. The molecule has 0 radical (unpaired) electrons. The van der Waals surface area contributed by atoms with E-state index in [2.05, 4.69) is 10.3 Å². The molecule has 1 atom stereocenters. The van der Waals surface area contributed by atoms with Gasteiger partial charge in [0.25, 0.3) is 0 Å². The highest BCUT2D eigenvalue weighted by Gasteiger charge is 2.07. The van der Waals surface area contributed by atoms with Gasteiger partial charge < -0.3 is 24.6 Å². The molecule has 0 aliphatic heterocycles. The van der Waals surface area contributed by atoms with Crippen molar-refractivity contribution < 1.29 is 19.3 Å². The van der Waals surface area contributed by atoms with Gasteiger partial charge in [-0.15, -0.1) is 0 Å². The molecule has 1 aromatic carbocycles. The standard InChI is InChI=1S/C18H24N2O4/c1-22-17-6-5-14(8-18(17)23-2)12-24-13-16(21)11-20-10-15-4-3-7-19-9-15/h3-9,16,20-21H,10-13H2,1-2H3/t16-/m0/s1. The van der Waals surface area contributed by atoms with Gasteiger partial charge in [-0.25, -0.2) is 0 Å². The second kappa shape index (κ2) is 9.87. The number of hydrogen-bond donors (Lipinski definition) is 2. The van der Waals surface area contributed by atoms with Gasteiger partial charge in [0.1, 0.15) is 0 Å². The Kier molecular flexibility index (Phi) is 7.48. The van der Waals surface area contributed by atoms with E-state index in [-0.39, 0.29) is 6.61 Å². The molecule has 6 nitrogen and oxygen atoms in total. The molecule has 0 aliphatic rings. The second-order valence-electron chi connectivity index (χ2n) is 5.35. The summed E-state index contributed by atoms with van der Waals surface area (Å²) in [5.41, 5.74) is 2.04. The first-order valence-electron chi connectivity index (χ1n) is 7.79. The fourth-order valence-electron chi connectivity index (χ4n) is 2.23. The van der Waals surface area contributed by atoms with Crippen LogP contribution in [0.25, 0.3) is 0 Å². The molecule has 0 fully saturated rings. The third-order valence-electron chi connectivity index (χ3n) is 3.46. The quantitative estimate of drug-likeness (QED) is 0.691. The summed E-state index contributed by atoms with van der Waals surface area (Å²) in [6.45, 7) is 1.79. The molecule has 1 heterocycles. The fraction of sp³-hybridized carbons (Fsp3) is 0.389. The Labute approximate surface area is 142 Å². The number of aliphatic hydroxyl groups excluding tert-OH is 1. The molecule has 0 amide bonds. The monoisotopic (exact) mass is 332 g/mol. The maximum absolute atomic E-state index is 9.94. The average molecular weight is 332 g/mol. The van der Waals surface area contributed by atoms with Crippen LogP contribution in [0, 0.1) is 0 Å². The molecule has 0 spiro atoms. The molecule has 0 saturated carbocycles. The summed E-state index contributed by atoms with van der Waals surface area (Å²) in [7, 11) is 3.20. The number of nitrogens with one attached hydrogen (secondary N) is 1. The normalized spacial score (nSPS) is 12.0. The largest absolute Gasteiger partial charge is 0.493 e. The Bertz CT molecular complexity index is 607. The highest BCUT2D eigenvalue weighted by Crippen LogP contribution is 2.27. The van der Waals surface area contributed by atoms with Gasteiger partial charge in [0.05, 0.1) is 33.5 Å². The van der Waals surface area contributed by atoms with Gasteiger partial charge in [-0.3, -0.25) is 4.98 Å². The summed E-state index contributed by atoms with van der Waals surface area (Å²) in [5, 5.41) is 13.1. The van der Waals surface area contributed by atoms with E-state index in [0.29, 0.717) is 31.2 Å². The van der Waals surface area contributed by atoms with E-state index in [9.17, 15) is 5.11 Å². The SMILES string of the molecule is COc1ccc(COC[C@@H](O)CNCc2cccnc2)cc1OC. The van der Waals surface area contributed by atoms with Crippen molar-refractivity contribution in [3.63, 3.8) is 0 Å². The lowest BCUT2D eigenvalue weighted by Crippen LogP contribution is -2.30. The van der Waals surface area contributed by atoms with Crippen molar-refractivity contribution in [2.45, 2.75) is 19.3 Å². The minimum absolute atomic E-state index is 0.258. The minimum atomic E-state index is -0.568. The summed E-state index contributed by atoms with van der Waals surface area (Å²) >= 11 is 0. The third kappa shape index (κ3) is 5.81. The number of benzene rings is 1. The molecule has 130 valence electrons. The molecule has 2 rings (SSSR count). The molecule has 2 N–H and O–H groups in total. The number of pyridine rings is 1. The summed E-state index contributed by atoms with van der Waals surface area (Å²) in [6.07, 6.45) is 2.97. The van der Waals surface area contributed by atoms with Crippen molar-refractivity contribution in [1.29, 1.82) is 0 Å². The predicted molar refractivity (Wildman–Crippen MR) is 91.2 cm³/mol. The van der Waals surface area contributed by atoms with Crippen LogP contribution in [0.3, 0.4) is 0 Å². The van der Waals surface area contributed by atoms with Crippen molar-refractivity contribution in [3.05, 3.63) is 53.9 Å². The third-order valence-corrected chi connectivity index (χ3v) is 3.46. The summed E-state index contributed by atoms with van der Waals surface area (Å²) in [5.74, 6) is 1.35. The topological polar surface area (TPSA) is 72.8 Å². The van der Waals surface area contributed by atoms with Crippen molar-refractivity contribution in [2.75, 3.05) is 27.4 Å². The lowest BCUT2D eigenvalue weighted by atomic mass is 10.2. The van der Waals surface area contributed by atoms with E-state index in [1.807, 2.05) is 30.3 Å². The van der Waals surface area contributed by atoms with Crippen LogP contribution in [0.4, 0.5) is 0 Å². The zero-order valence-corrected chi connectivity index (χ0v) is 14.1. The maximum Gasteiger partial charge on any atom is 0.161 e. The average Bonchev–Trinajstić information content (AvgIpc) is 2.62. The van der Waals surface area contributed by atoms with Gasteiger partial charge in [0, 0.05) is 25.5 Å². The smallest absolute Gasteiger partial charge is 0.161 e. The van der Waals surface area contributed by atoms with Crippen LogP contribution in [-0.4, -0.2) is 43.6 Å². The minimum Gasteiger partial charge on any atom is -0.493 e. The zero-order chi connectivity index (χ0) is 17.2. The Morgan fingerprint density at radius 2 is 1.96 bits per heavy atom. The van der Waals surface area contributed by atoms with Gasteiger partial charge in [-0.05, 0) is 29.3 Å². The lowest BCUT2D eigenvalue weighted by Gasteiger charge is -2.13. The van der Waals surface area contributed by atoms with Crippen LogP contribution in [0.2, 0.25) is 0 Å². The maximum atomic E-state index is 9.94. The Balaban J connectivity index is 1.68. The Morgan fingerprint density at radius 3 is 2.67 bits per heavy atom. The van der Waals surface area contributed by atoms with E-state index in [4.69, 9.17) is 14.2 Å². The van der Waals surface area contributed by atoms with Crippen LogP contribution in [0.1, 0.15) is 11.1 Å². The van der Waals surface area contributed by atoms with Crippen LogP contribution >= 0.6 is 0 Å². The van der Waals surface area contributed by atoms with Crippen LogP contribution in [0.5, 0.6) is 11.5 Å². The van der Waals surface area contributed by atoms with Gasteiger partial charge in [0.2, 0.25) is 0 Å². The van der Waals surface area contributed by atoms with Crippen LogP contribution in [0.15, 0.2) is 42.7 Å². The van der Waals surface area contributed by atoms with Crippen LogP contribution in [-0.2, 0) is 17.9 Å². The van der Waals surface area contributed by atoms with Crippen LogP contribution < -0.4 is 14.8 Å². The molecule has 0 saturated heterocycles. The van der Waals surface area contributed by atoms with Gasteiger partial charge >= 0.3 is 0 Å². The van der Waals surface area contributed by atoms with Crippen molar-refractivity contribution in [1.82, 2.24) is 10.3 Å². The first-order chi connectivity index (χ1) is 11.7. The van der Waals surface area contributed by atoms with E-state index in [1.165, 1.54) is 0 Å². The van der Waals surface area contributed by atoms with Gasteiger partial charge in [0.15, 0.2) is 11.5 Å². The van der Waals surface area contributed by atoms with Gasteiger partial charge in [-0.2, -0.15) is 0 Å². The molecule has 0 unspecified atom stereocenters. The molecular formula is C18H24N2O4.